The van der Waals surface area contributed by atoms with Crippen LogP contribution in [0.1, 0.15) is 96.8 Å². The Bertz CT molecular complexity index is 1410. The van der Waals surface area contributed by atoms with Gasteiger partial charge < -0.3 is 20.1 Å². The van der Waals surface area contributed by atoms with Gasteiger partial charge in [-0.15, -0.1) is 0 Å². The SMILES string of the molecule is CC(C)C(=O)N[C@H]1CC[C@]23C[C@@]24C(=O)C[C@]2(C)[C@@H]([C@H](C)N(C)C)[C@H](OC(=O)c5ccccc5)C[C@@]2(C)[C@@H]4CC[C@H]3[C@]1(C)C(=O)O. The van der Waals surface area contributed by atoms with Crippen molar-refractivity contribution in [2.75, 3.05) is 14.1 Å². The molecule has 5 fully saturated rings. The summed E-state index contributed by atoms with van der Waals surface area (Å²) < 4.78 is 6.41. The van der Waals surface area contributed by atoms with Gasteiger partial charge in [0.1, 0.15) is 11.9 Å². The van der Waals surface area contributed by atoms with Crippen LogP contribution in [0, 0.1) is 50.7 Å². The Hall–Kier alpha value is -2.74. The molecule has 2 spiro atoms. The fourth-order valence-electron chi connectivity index (χ4n) is 11.8. The summed E-state index contributed by atoms with van der Waals surface area (Å²) in [5.74, 6) is -1.42. The Balaban J connectivity index is 1.37. The number of hydrogen-bond acceptors (Lipinski definition) is 6. The van der Waals surface area contributed by atoms with Crippen molar-refractivity contribution >= 4 is 23.6 Å². The number of carbonyl (C=O) groups is 4. The lowest BCUT2D eigenvalue weighted by molar-refractivity contribution is -0.181. The van der Waals surface area contributed by atoms with Crippen LogP contribution in [0.2, 0.25) is 0 Å². The summed E-state index contributed by atoms with van der Waals surface area (Å²) in [6.45, 7) is 12.3. The maximum absolute atomic E-state index is 14.8. The van der Waals surface area contributed by atoms with Crippen LogP contribution in [0.4, 0.5) is 0 Å². The number of nitrogens with one attached hydrogen (secondary N) is 1. The molecule has 5 aliphatic carbocycles. The molecule has 5 aliphatic rings. The number of carboxylic acids is 1. The van der Waals surface area contributed by atoms with Crippen LogP contribution < -0.4 is 5.32 Å². The van der Waals surface area contributed by atoms with Crippen molar-refractivity contribution in [3.63, 3.8) is 0 Å². The van der Waals surface area contributed by atoms with Crippen LogP contribution >= 0.6 is 0 Å². The molecule has 0 heterocycles. The van der Waals surface area contributed by atoms with Gasteiger partial charge >= 0.3 is 11.9 Å². The molecule has 0 unspecified atom stereocenters. The first kappa shape index (κ1) is 32.2. The summed E-state index contributed by atoms with van der Waals surface area (Å²) in [5, 5.41) is 13.9. The van der Waals surface area contributed by atoms with Gasteiger partial charge in [0.15, 0.2) is 0 Å². The molecule has 0 radical (unpaired) electrons. The largest absolute Gasteiger partial charge is 0.481 e. The Morgan fingerprint density at radius 3 is 2.22 bits per heavy atom. The Labute approximate surface area is 268 Å². The Morgan fingerprint density at radius 1 is 0.978 bits per heavy atom. The molecule has 8 nitrogen and oxygen atoms in total. The lowest BCUT2D eigenvalue weighted by Crippen LogP contribution is -2.65. The van der Waals surface area contributed by atoms with E-state index in [4.69, 9.17) is 4.74 Å². The van der Waals surface area contributed by atoms with Crippen LogP contribution in [-0.4, -0.2) is 65.9 Å². The molecule has 11 atom stereocenters. The van der Waals surface area contributed by atoms with E-state index in [0.717, 1.165) is 19.3 Å². The van der Waals surface area contributed by atoms with E-state index in [-0.39, 0.29) is 69.7 Å². The molecule has 246 valence electrons. The summed E-state index contributed by atoms with van der Waals surface area (Å²) in [6, 6.07) is 8.74. The summed E-state index contributed by atoms with van der Waals surface area (Å²) in [7, 11) is 4.10. The van der Waals surface area contributed by atoms with E-state index in [1.807, 2.05) is 39.0 Å². The van der Waals surface area contributed by atoms with Crippen LogP contribution in [-0.2, 0) is 19.1 Å². The minimum atomic E-state index is -1.15. The van der Waals surface area contributed by atoms with E-state index in [1.165, 1.54) is 0 Å². The molecular formula is C37H52N2O6. The molecule has 2 N–H and O–H groups in total. The third kappa shape index (κ3) is 4.12. The number of benzene rings is 1. The predicted octanol–water partition coefficient (Wildman–Crippen LogP) is 5.60. The number of esters is 1. The Kier molecular flexibility index (Phi) is 7.43. The molecule has 1 amide bonds. The maximum Gasteiger partial charge on any atom is 0.338 e. The lowest BCUT2D eigenvalue weighted by Gasteiger charge is -2.62. The number of carbonyl (C=O) groups excluding carboxylic acids is 3. The fraction of sp³-hybridized carbons (Fsp3) is 0.730. The first-order valence-electron chi connectivity index (χ1n) is 17.0. The minimum absolute atomic E-state index is 0.0369. The molecular weight excluding hydrogens is 568 g/mol. The standard InChI is InChI=1S/C37H52N2O6/c1-21(2)30(41)38-27-16-17-36-20-37(36)25(14-15-26(36)35(27,6)32(43)44)33(4)18-24(45-31(42)23-12-10-9-11-13-23)29(22(3)39(7)8)34(33,5)19-28(37)40/h9-13,21-22,24-27,29H,14-20H2,1-8H3,(H,38,41)(H,43,44)/t22-,24+,25-,26-,27-,29-,33-,34+,35-,36+,37+/m0/s1. The molecule has 45 heavy (non-hydrogen) atoms. The number of ether oxygens (including phenoxy) is 1. The van der Waals surface area contributed by atoms with Gasteiger partial charge in [-0.25, -0.2) is 4.79 Å². The lowest BCUT2D eigenvalue weighted by atomic mass is 9.41. The van der Waals surface area contributed by atoms with Gasteiger partial charge in [0.25, 0.3) is 0 Å². The monoisotopic (exact) mass is 620 g/mol. The van der Waals surface area contributed by atoms with E-state index < -0.39 is 22.8 Å². The average molecular weight is 621 g/mol. The van der Waals surface area contributed by atoms with Crippen LogP contribution in [0.3, 0.4) is 0 Å². The van der Waals surface area contributed by atoms with Gasteiger partial charge in [0.2, 0.25) is 5.91 Å². The van der Waals surface area contributed by atoms with E-state index in [9.17, 15) is 24.3 Å². The van der Waals surface area contributed by atoms with E-state index in [2.05, 4.69) is 45.1 Å². The van der Waals surface area contributed by atoms with Gasteiger partial charge in [-0.05, 0) is 107 Å². The second-order valence-corrected chi connectivity index (χ2v) is 16.5. The van der Waals surface area contributed by atoms with Crippen molar-refractivity contribution in [1.82, 2.24) is 10.2 Å². The number of amides is 1. The van der Waals surface area contributed by atoms with Crippen molar-refractivity contribution in [3.05, 3.63) is 35.9 Å². The number of carboxylic acid groups (broad SMARTS) is 1. The van der Waals surface area contributed by atoms with Crippen LogP contribution in [0.5, 0.6) is 0 Å². The van der Waals surface area contributed by atoms with E-state index in [1.54, 1.807) is 12.1 Å². The maximum atomic E-state index is 14.8. The third-order valence-electron chi connectivity index (χ3n) is 14.5. The van der Waals surface area contributed by atoms with E-state index >= 15 is 0 Å². The van der Waals surface area contributed by atoms with Crippen LogP contribution in [0.25, 0.3) is 0 Å². The second-order valence-electron chi connectivity index (χ2n) is 16.5. The van der Waals surface area contributed by atoms with Crippen molar-refractivity contribution < 1.29 is 29.0 Å². The van der Waals surface area contributed by atoms with Gasteiger partial charge in [0, 0.05) is 35.8 Å². The molecule has 0 aliphatic heterocycles. The van der Waals surface area contributed by atoms with Crippen molar-refractivity contribution in [3.8, 4) is 0 Å². The van der Waals surface area contributed by atoms with Crippen molar-refractivity contribution in [2.24, 2.45) is 50.7 Å². The van der Waals surface area contributed by atoms with Crippen molar-refractivity contribution in [1.29, 1.82) is 0 Å². The molecule has 1 aromatic rings. The first-order valence-corrected chi connectivity index (χ1v) is 17.0. The normalized spacial score (nSPS) is 43.9. The highest BCUT2D eigenvalue weighted by atomic mass is 16.5. The summed E-state index contributed by atoms with van der Waals surface area (Å²) in [6.07, 6.45) is 4.28. The summed E-state index contributed by atoms with van der Waals surface area (Å²) >= 11 is 0. The quantitative estimate of drug-likeness (QED) is 0.382. The van der Waals surface area contributed by atoms with Crippen LogP contribution in [0.15, 0.2) is 30.3 Å². The third-order valence-corrected chi connectivity index (χ3v) is 14.5. The van der Waals surface area contributed by atoms with Gasteiger partial charge in [-0.3, -0.25) is 14.4 Å². The molecule has 1 aromatic carbocycles. The predicted molar refractivity (Wildman–Crippen MR) is 170 cm³/mol. The van der Waals surface area contributed by atoms with Gasteiger partial charge in [0.05, 0.1) is 11.0 Å². The number of rotatable bonds is 7. The number of hydrogen-bond donors (Lipinski definition) is 2. The smallest absolute Gasteiger partial charge is 0.338 e. The number of aliphatic carboxylic acids is 1. The van der Waals surface area contributed by atoms with E-state index in [0.29, 0.717) is 31.2 Å². The fourth-order valence-corrected chi connectivity index (χ4v) is 11.8. The molecule has 0 bridgehead atoms. The molecule has 0 aromatic heterocycles. The zero-order chi connectivity index (χ0) is 32.9. The summed E-state index contributed by atoms with van der Waals surface area (Å²) in [5.41, 5.74) is -2.20. The number of Topliss-reactive ketones (excluding diaryl/α,β-unsaturated/α-hetero) is 1. The topological polar surface area (TPSA) is 113 Å². The molecule has 8 heteroatoms. The second kappa shape index (κ2) is 10.4. The van der Waals surface area contributed by atoms with Crippen molar-refractivity contribution in [2.45, 2.75) is 105 Å². The zero-order valence-electron chi connectivity index (χ0n) is 28.3. The number of nitrogens with zero attached hydrogens (tertiary/aromatic N) is 1. The highest BCUT2D eigenvalue weighted by molar-refractivity contribution is 5.93. The molecule has 0 saturated heterocycles. The zero-order valence-corrected chi connectivity index (χ0v) is 28.3. The average Bonchev–Trinajstić information content (AvgIpc) is 3.62. The molecule has 6 rings (SSSR count). The number of fused-ring (bicyclic) bond motifs is 2. The van der Waals surface area contributed by atoms with Gasteiger partial charge in [-0.2, -0.15) is 0 Å². The molecule has 5 saturated carbocycles. The van der Waals surface area contributed by atoms with Gasteiger partial charge in [-0.1, -0.05) is 45.9 Å². The Morgan fingerprint density at radius 2 is 1.62 bits per heavy atom. The summed E-state index contributed by atoms with van der Waals surface area (Å²) in [4.78, 5) is 56.4. The highest BCUT2D eigenvalue weighted by Gasteiger charge is 2.87. The highest BCUT2D eigenvalue weighted by Crippen LogP contribution is 2.88. The first-order chi connectivity index (χ1) is 21.0. The minimum Gasteiger partial charge on any atom is -0.481 e. The number of ketones is 1.